The monoisotopic (exact) mass is 212 g/mol. The van der Waals surface area contributed by atoms with Crippen molar-refractivity contribution in [3.8, 4) is 0 Å². The normalized spacial score (nSPS) is 34.4. The Labute approximate surface area is 93.4 Å². The number of rotatable bonds is 2. The summed E-state index contributed by atoms with van der Waals surface area (Å²) >= 11 is 0. The lowest BCUT2D eigenvalue weighted by Crippen LogP contribution is -2.60. The molecule has 0 radical (unpaired) electrons. The molecule has 1 spiro atoms. The molecule has 2 fully saturated rings. The Morgan fingerprint density at radius 2 is 2.13 bits per heavy atom. The van der Waals surface area contributed by atoms with Gasteiger partial charge >= 0.3 is 0 Å². The van der Waals surface area contributed by atoms with Crippen LogP contribution < -0.4 is 0 Å². The molecule has 0 amide bonds. The molecule has 2 saturated heterocycles. The predicted molar refractivity (Wildman–Crippen MR) is 62.1 cm³/mol. The standard InChI is InChI=1S/C12H24N2O/c1-4-13-6-5-12(9-13)10-15-8-7-14(12)11(2)3/h11H,4-10H2,1-3H3. The van der Waals surface area contributed by atoms with Gasteiger partial charge in [-0.15, -0.1) is 0 Å². The van der Waals surface area contributed by atoms with Crippen LogP contribution in [-0.2, 0) is 4.74 Å². The van der Waals surface area contributed by atoms with E-state index in [1.165, 1.54) is 26.1 Å². The Kier molecular flexibility index (Phi) is 3.33. The van der Waals surface area contributed by atoms with Crippen LogP contribution in [0.3, 0.4) is 0 Å². The van der Waals surface area contributed by atoms with Crippen molar-refractivity contribution in [2.75, 3.05) is 39.4 Å². The average molecular weight is 212 g/mol. The second kappa shape index (κ2) is 4.40. The second-order valence-electron chi connectivity index (χ2n) is 5.18. The molecule has 1 atom stereocenters. The summed E-state index contributed by atoms with van der Waals surface area (Å²) in [5, 5.41) is 0. The van der Waals surface area contributed by atoms with Crippen LogP contribution in [0.1, 0.15) is 27.2 Å². The topological polar surface area (TPSA) is 15.7 Å². The van der Waals surface area contributed by atoms with E-state index in [9.17, 15) is 0 Å². The molecule has 0 bridgehead atoms. The number of nitrogens with zero attached hydrogens (tertiary/aromatic N) is 2. The molecule has 2 heterocycles. The van der Waals surface area contributed by atoms with Gasteiger partial charge in [0.2, 0.25) is 0 Å². The fourth-order valence-corrected chi connectivity index (χ4v) is 3.11. The summed E-state index contributed by atoms with van der Waals surface area (Å²) in [5.74, 6) is 0. The van der Waals surface area contributed by atoms with E-state index >= 15 is 0 Å². The molecular weight excluding hydrogens is 188 g/mol. The van der Waals surface area contributed by atoms with E-state index in [1.807, 2.05) is 0 Å². The zero-order valence-electron chi connectivity index (χ0n) is 10.3. The Morgan fingerprint density at radius 3 is 2.73 bits per heavy atom. The van der Waals surface area contributed by atoms with Gasteiger partial charge in [-0.1, -0.05) is 6.92 Å². The third-order valence-electron chi connectivity index (χ3n) is 3.94. The summed E-state index contributed by atoms with van der Waals surface area (Å²) in [5.41, 5.74) is 0.322. The molecule has 0 aromatic rings. The van der Waals surface area contributed by atoms with Gasteiger partial charge in [0.05, 0.1) is 18.8 Å². The third kappa shape index (κ3) is 2.05. The van der Waals surface area contributed by atoms with Gasteiger partial charge in [0, 0.05) is 25.7 Å². The van der Waals surface area contributed by atoms with Crippen molar-refractivity contribution in [1.82, 2.24) is 9.80 Å². The minimum atomic E-state index is 0.322. The zero-order chi connectivity index (χ0) is 10.9. The predicted octanol–water partition coefficient (Wildman–Crippen LogP) is 1.19. The Morgan fingerprint density at radius 1 is 1.33 bits per heavy atom. The van der Waals surface area contributed by atoms with Crippen LogP contribution in [0.5, 0.6) is 0 Å². The quantitative estimate of drug-likeness (QED) is 0.684. The van der Waals surface area contributed by atoms with Crippen molar-refractivity contribution >= 4 is 0 Å². The molecular formula is C12H24N2O. The van der Waals surface area contributed by atoms with Gasteiger partial charge < -0.3 is 9.64 Å². The summed E-state index contributed by atoms with van der Waals surface area (Å²) in [7, 11) is 0. The molecule has 2 aliphatic heterocycles. The molecule has 3 heteroatoms. The van der Waals surface area contributed by atoms with E-state index in [0.717, 1.165) is 19.8 Å². The van der Waals surface area contributed by atoms with E-state index in [1.54, 1.807) is 0 Å². The van der Waals surface area contributed by atoms with Gasteiger partial charge in [0.15, 0.2) is 0 Å². The lowest BCUT2D eigenvalue weighted by atomic mass is 9.94. The number of likely N-dealkylation sites (N-methyl/N-ethyl adjacent to an activating group) is 1. The molecule has 0 aliphatic carbocycles. The van der Waals surface area contributed by atoms with Gasteiger partial charge in [0.1, 0.15) is 0 Å². The molecule has 0 saturated carbocycles. The highest BCUT2D eigenvalue weighted by molar-refractivity contribution is 5.01. The van der Waals surface area contributed by atoms with E-state index in [-0.39, 0.29) is 0 Å². The summed E-state index contributed by atoms with van der Waals surface area (Å²) in [6, 6.07) is 0.644. The van der Waals surface area contributed by atoms with Crippen LogP contribution in [0.4, 0.5) is 0 Å². The van der Waals surface area contributed by atoms with Crippen LogP contribution in [0, 0.1) is 0 Å². The maximum atomic E-state index is 5.71. The van der Waals surface area contributed by atoms with Gasteiger partial charge in [-0.3, -0.25) is 4.90 Å². The Hall–Kier alpha value is -0.120. The molecule has 88 valence electrons. The average Bonchev–Trinajstić information content (AvgIpc) is 2.62. The molecule has 0 N–H and O–H groups in total. The van der Waals surface area contributed by atoms with Crippen molar-refractivity contribution in [2.24, 2.45) is 0 Å². The van der Waals surface area contributed by atoms with Gasteiger partial charge in [-0.25, -0.2) is 0 Å². The Bertz CT molecular complexity index is 220. The molecule has 1 unspecified atom stereocenters. The maximum Gasteiger partial charge on any atom is 0.0664 e. The molecule has 0 aromatic carbocycles. The smallest absolute Gasteiger partial charge is 0.0664 e. The lowest BCUT2D eigenvalue weighted by molar-refractivity contribution is -0.0775. The molecule has 15 heavy (non-hydrogen) atoms. The van der Waals surface area contributed by atoms with Crippen LogP contribution >= 0.6 is 0 Å². The van der Waals surface area contributed by atoms with E-state index < -0.39 is 0 Å². The van der Waals surface area contributed by atoms with Gasteiger partial charge in [-0.2, -0.15) is 0 Å². The first-order valence-corrected chi connectivity index (χ1v) is 6.25. The van der Waals surface area contributed by atoms with Crippen molar-refractivity contribution in [3.05, 3.63) is 0 Å². The number of hydrogen-bond donors (Lipinski definition) is 0. The minimum absolute atomic E-state index is 0.322. The van der Waals surface area contributed by atoms with Crippen LogP contribution in [0.2, 0.25) is 0 Å². The fourth-order valence-electron chi connectivity index (χ4n) is 3.11. The maximum absolute atomic E-state index is 5.71. The van der Waals surface area contributed by atoms with Crippen molar-refractivity contribution in [2.45, 2.75) is 38.8 Å². The SMILES string of the molecule is CCN1CCC2(COCCN2C(C)C)C1. The van der Waals surface area contributed by atoms with E-state index in [2.05, 4.69) is 30.6 Å². The van der Waals surface area contributed by atoms with Crippen molar-refractivity contribution in [1.29, 1.82) is 0 Å². The third-order valence-corrected chi connectivity index (χ3v) is 3.94. The summed E-state index contributed by atoms with van der Waals surface area (Å²) in [6.45, 7) is 13.4. The van der Waals surface area contributed by atoms with Crippen molar-refractivity contribution < 1.29 is 4.74 Å². The first kappa shape index (κ1) is 11.4. The highest BCUT2D eigenvalue weighted by Gasteiger charge is 2.45. The molecule has 2 aliphatic rings. The summed E-state index contributed by atoms with van der Waals surface area (Å²) < 4.78 is 5.71. The first-order valence-electron chi connectivity index (χ1n) is 6.25. The summed E-state index contributed by atoms with van der Waals surface area (Å²) in [4.78, 5) is 5.20. The van der Waals surface area contributed by atoms with E-state index in [4.69, 9.17) is 4.74 Å². The largest absolute Gasteiger partial charge is 0.378 e. The zero-order valence-corrected chi connectivity index (χ0v) is 10.3. The number of morpholine rings is 1. The minimum Gasteiger partial charge on any atom is -0.378 e. The van der Waals surface area contributed by atoms with Gasteiger partial charge in [0.25, 0.3) is 0 Å². The van der Waals surface area contributed by atoms with E-state index in [0.29, 0.717) is 11.6 Å². The number of likely N-dealkylation sites (tertiary alicyclic amines) is 1. The van der Waals surface area contributed by atoms with Crippen LogP contribution in [0.15, 0.2) is 0 Å². The lowest BCUT2D eigenvalue weighted by Gasteiger charge is -2.47. The van der Waals surface area contributed by atoms with Crippen LogP contribution in [0.25, 0.3) is 0 Å². The van der Waals surface area contributed by atoms with Crippen LogP contribution in [-0.4, -0.2) is 60.8 Å². The highest BCUT2D eigenvalue weighted by atomic mass is 16.5. The molecule has 2 rings (SSSR count). The fraction of sp³-hybridized carbons (Fsp3) is 1.00. The number of hydrogen-bond acceptors (Lipinski definition) is 3. The number of ether oxygens (including phenoxy) is 1. The summed E-state index contributed by atoms with van der Waals surface area (Å²) in [6.07, 6.45) is 1.28. The second-order valence-corrected chi connectivity index (χ2v) is 5.18. The highest BCUT2D eigenvalue weighted by Crippen LogP contribution is 2.32. The van der Waals surface area contributed by atoms with Crippen molar-refractivity contribution in [3.63, 3.8) is 0 Å². The molecule has 3 nitrogen and oxygen atoms in total. The van der Waals surface area contributed by atoms with Gasteiger partial charge in [-0.05, 0) is 26.8 Å². The molecule has 0 aromatic heterocycles. The Balaban J connectivity index is 2.10. The first-order chi connectivity index (χ1) is 7.18.